The lowest BCUT2D eigenvalue weighted by molar-refractivity contribution is -0.108. The second-order valence-corrected chi connectivity index (χ2v) is 3.69. The molecule has 0 spiro atoms. The summed E-state index contributed by atoms with van der Waals surface area (Å²) in [5.41, 5.74) is 0.336. The van der Waals surface area contributed by atoms with Gasteiger partial charge < -0.3 is 9.53 Å². The van der Waals surface area contributed by atoms with E-state index in [1.807, 2.05) is 0 Å². The number of ether oxygens (including phenoxy) is 1. The molecule has 0 saturated heterocycles. The summed E-state index contributed by atoms with van der Waals surface area (Å²) in [6.07, 6.45) is 0.990. The van der Waals surface area contributed by atoms with Gasteiger partial charge in [-0.3, -0.25) is 0 Å². The Labute approximate surface area is 93.0 Å². The summed E-state index contributed by atoms with van der Waals surface area (Å²) in [6, 6.07) is 3.04. The van der Waals surface area contributed by atoms with E-state index < -0.39 is 5.82 Å². The van der Waals surface area contributed by atoms with Gasteiger partial charge in [-0.05, 0) is 18.1 Å². The van der Waals surface area contributed by atoms with Crippen LogP contribution in [-0.2, 0) is 4.79 Å². The molecule has 1 aromatic rings. The van der Waals surface area contributed by atoms with Crippen molar-refractivity contribution in [3.63, 3.8) is 0 Å². The van der Waals surface area contributed by atoms with Gasteiger partial charge in [0.25, 0.3) is 0 Å². The summed E-state index contributed by atoms with van der Waals surface area (Å²) < 4.78 is 18.6. The van der Waals surface area contributed by atoms with Gasteiger partial charge >= 0.3 is 0 Å². The topological polar surface area (TPSA) is 26.3 Å². The van der Waals surface area contributed by atoms with Crippen LogP contribution in [0, 0.1) is 5.82 Å². The average Bonchev–Trinajstić information content (AvgIpc) is 2.18. The molecular weight excluding hydrogens is 219 g/mol. The molecule has 0 heterocycles. The maximum Gasteiger partial charge on any atom is 0.169 e. The fourth-order valence-electron chi connectivity index (χ4n) is 1.42. The molecule has 82 valence electrons. The largest absolute Gasteiger partial charge is 0.494 e. The van der Waals surface area contributed by atoms with Crippen molar-refractivity contribution in [2.24, 2.45) is 0 Å². The maximum atomic E-state index is 13.8. The SMILES string of the molecule is COc1ccc(Cl)c(C(C)CC=O)c1F. The highest BCUT2D eigenvalue weighted by atomic mass is 35.5. The molecular formula is C11H12ClFO2. The van der Waals surface area contributed by atoms with Crippen LogP contribution in [0.2, 0.25) is 5.02 Å². The van der Waals surface area contributed by atoms with Crippen molar-refractivity contribution in [3.8, 4) is 5.75 Å². The Morgan fingerprint density at radius 1 is 1.60 bits per heavy atom. The van der Waals surface area contributed by atoms with Gasteiger partial charge in [0.05, 0.1) is 7.11 Å². The first-order chi connectivity index (χ1) is 7.11. The standard InChI is InChI=1S/C11H12ClFO2/c1-7(5-6-14)10-8(12)3-4-9(15-2)11(10)13/h3-4,6-7H,5H2,1-2H3. The van der Waals surface area contributed by atoms with Gasteiger partial charge in [0, 0.05) is 17.0 Å². The molecule has 0 saturated carbocycles. The van der Waals surface area contributed by atoms with E-state index in [9.17, 15) is 9.18 Å². The fraction of sp³-hybridized carbons (Fsp3) is 0.364. The van der Waals surface area contributed by atoms with Crippen LogP contribution in [0.3, 0.4) is 0 Å². The predicted octanol–water partition coefficient (Wildman–Crippen LogP) is 3.18. The molecule has 1 unspecified atom stereocenters. The number of hydrogen-bond donors (Lipinski definition) is 0. The Bertz CT molecular complexity index is 366. The van der Waals surface area contributed by atoms with Crippen LogP contribution in [0.5, 0.6) is 5.75 Å². The van der Waals surface area contributed by atoms with Crippen LogP contribution in [0.1, 0.15) is 24.8 Å². The highest BCUT2D eigenvalue weighted by molar-refractivity contribution is 6.31. The van der Waals surface area contributed by atoms with Crippen LogP contribution in [0.4, 0.5) is 4.39 Å². The second kappa shape index (κ2) is 5.12. The molecule has 0 N–H and O–H groups in total. The molecule has 0 radical (unpaired) electrons. The van der Waals surface area contributed by atoms with Gasteiger partial charge in [0.1, 0.15) is 6.29 Å². The van der Waals surface area contributed by atoms with Crippen LogP contribution >= 0.6 is 11.6 Å². The number of hydrogen-bond acceptors (Lipinski definition) is 2. The van der Waals surface area contributed by atoms with Crippen molar-refractivity contribution in [2.75, 3.05) is 7.11 Å². The first-order valence-corrected chi connectivity index (χ1v) is 4.95. The van der Waals surface area contributed by atoms with E-state index in [1.165, 1.54) is 13.2 Å². The van der Waals surface area contributed by atoms with E-state index in [0.717, 1.165) is 6.29 Å². The van der Waals surface area contributed by atoms with Crippen LogP contribution in [-0.4, -0.2) is 13.4 Å². The second-order valence-electron chi connectivity index (χ2n) is 3.28. The summed E-state index contributed by atoms with van der Waals surface area (Å²) in [6.45, 7) is 1.75. The van der Waals surface area contributed by atoms with E-state index >= 15 is 0 Å². The molecule has 2 nitrogen and oxygen atoms in total. The van der Waals surface area contributed by atoms with E-state index in [2.05, 4.69) is 0 Å². The highest BCUT2D eigenvalue weighted by Gasteiger charge is 2.18. The van der Waals surface area contributed by atoms with Crippen LogP contribution < -0.4 is 4.74 Å². The molecule has 0 amide bonds. The summed E-state index contributed by atoms with van der Waals surface area (Å²) in [5.74, 6) is -0.586. The van der Waals surface area contributed by atoms with E-state index in [-0.39, 0.29) is 18.1 Å². The highest BCUT2D eigenvalue weighted by Crippen LogP contribution is 2.33. The number of methoxy groups -OCH3 is 1. The molecule has 0 aliphatic carbocycles. The Hall–Kier alpha value is -1.09. The first-order valence-electron chi connectivity index (χ1n) is 4.57. The Kier molecular flexibility index (Phi) is 4.09. The average molecular weight is 231 g/mol. The normalized spacial score (nSPS) is 12.3. The maximum absolute atomic E-state index is 13.8. The number of carbonyl (C=O) groups is 1. The zero-order chi connectivity index (χ0) is 11.4. The number of carbonyl (C=O) groups excluding carboxylic acids is 1. The Morgan fingerprint density at radius 2 is 2.27 bits per heavy atom. The van der Waals surface area contributed by atoms with Crippen molar-refractivity contribution in [3.05, 3.63) is 28.5 Å². The van der Waals surface area contributed by atoms with Gasteiger partial charge in [-0.15, -0.1) is 0 Å². The quantitative estimate of drug-likeness (QED) is 0.743. The molecule has 0 aromatic heterocycles. The minimum atomic E-state index is -0.487. The minimum absolute atomic E-state index is 0.146. The minimum Gasteiger partial charge on any atom is -0.494 e. The Morgan fingerprint density at radius 3 is 2.80 bits per heavy atom. The zero-order valence-electron chi connectivity index (χ0n) is 8.59. The summed E-state index contributed by atoms with van der Waals surface area (Å²) in [5, 5.41) is 0.322. The van der Waals surface area contributed by atoms with Crippen LogP contribution in [0.25, 0.3) is 0 Å². The molecule has 15 heavy (non-hydrogen) atoms. The van der Waals surface area contributed by atoms with Crippen molar-refractivity contribution in [2.45, 2.75) is 19.3 Å². The molecule has 1 atom stereocenters. The van der Waals surface area contributed by atoms with Crippen molar-refractivity contribution >= 4 is 17.9 Å². The number of rotatable bonds is 4. The molecule has 1 aromatic carbocycles. The van der Waals surface area contributed by atoms with E-state index in [1.54, 1.807) is 13.0 Å². The van der Waals surface area contributed by atoms with Gasteiger partial charge in [-0.2, -0.15) is 0 Å². The van der Waals surface area contributed by atoms with Gasteiger partial charge in [-0.1, -0.05) is 18.5 Å². The molecule has 0 aliphatic rings. The zero-order valence-corrected chi connectivity index (χ0v) is 9.34. The van der Waals surface area contributed by atoms with Gasteiger partial charge in [0.15, 0.2) is 11.6 Å². The van der Waals surface area contributed by atoms with Crippen molar-refractivity contribution in [1.29, 1.82) is 0 Å². The summed E-state index contributed by atoms with van der Waals surface area (Å²) in [7, 11) is 1.39. The predicted molar refractivity (Wildman–Crippen MR) is 57.1 cm³/mol. The number of aldehydes is 1. The van der Waals surface area contributed by atoms with Crippen molar-refractivity contribution < 1.29 is 13.9 Å². The van der Waals surface area contributed by atoms with Crippen molar-refractivity contribution in [1.82, 2.24) is 0 Å². The third-order valence-corrected chi connectivity index (χ3v) is 2.58. The number of halogens is 2. The third-order valence-electron chi connectivity index (χ3n) is 2.25. The lowest BCUT2D eigenvalue weighted by Crippen LogP contribution is -2.01. The summed E-state index contributed by atoms with van der Waals surface area (Å²) in [4.78, 5) is 10.4. The van der Waals surface area contributed by atoms with Gasteiger partial charge in [0.2, 0.25) is 0 Å². The third kappa shape index (κ3) is 2.48. The smallest absolute Gasteiger partial charge is 0.169 e. The molecule has 0 aliphatic heterocycles. The summed E-state index contributed by atoms with van der Waals surface area (Å²) >= 11 is 5.88. The lowest BCUT2D eigenvalue weighted by atomic mass is 9.97. The van der Waals surface area contributed by atoms with E-state index in [0.29, 0.717) is 10.6 Å². The number of benzene rings is 1. The lowest BCUT2D eigenvalue weighted by Gasteiger charge is -2.13. The van der Waals surface area contributed by atoms with Crippen LogP contribution in [0.15, 0.2) is 12.1 Å². The molecule has 0 bridgehead atoms. The Balaban J connectivity index is 3.19. The molecule has 4 heteroatoms. The van der Waals surface area contributed by atoms with E-state index in [4.69, 9.17) is 16.3 Å². The fourth-order valence-corrected chi connectivity index (χ4v) is 1.75. The van der Waals surface area contributed by atoms with Gasteiger partial charge in [-0.25, -0.2) is 4.39 Å². The molecule has 0 fully saturated rings. The monoisotopic (exact) mass is 230 g/mol. The first kappa shape index (κ1) is 12.0. The molecule has 1 rings (SSSR count).